The quantitative estimate of drug-likeness (QED) is 0.880. The van der Waals surface area contributed by atoms with Crippen LogP contribution in [0.1, 0.15) is 11.1 Å². The fourth-order valence-corrected chi connectivity index (χ4v) is 2.43. The van der Waals surface area contributed by atoms with Gasteiger partial charge in [0.2, 0.25) is 0 Å². The van der Waals surface area contributed by atoms with Crippen molar-refractivity contribution >= 4 is 11.6 Å². The molecule has 0 saturated carbocycles. The molecule has 102 valence electrons. The minimum atomic E-state index is -2.02. The van der Waals surface area contributed by atoms with Gasteiger partial charge in [0.15, 0.2) is 5.60 Å². The number of aliphatic hydroxyl groups is 1. The molecule has 0 aliphatic carbocycles. The van der Waals surface area contributed by atoms with Gasteiger partial charge < -0.3 is 15.2 Å². The normalized spacial score (nSPS) is 20.4. The summed E-state index contributed by atoms with van der Waals surface area (Å²) in [5.74, 6) is -0.762. The molecule has 3 rings (SSSR count). The van der Waals surface area contributed by atoms with Crippen molar-refractivity contribution in [2.24, 2.45) is 0 Å². The number of methoxy groups -OCH3 is 1. The van der Waals surface area contributed by atoms with E-state index in [2.05, 4.69) is 5.32 Å². The van der Waals surface area contributed by atoms with Gasteiger partial charge in [-0.1, -0.05) is 18.2 Å². The van der Waals surface area contributed by atoms with Crippen LogP contribution in [0.25, 0.3) is 0 Å². The molecule has 1 atom stereocenters. The fraction of sp³-hybridized carbons (Fsp3) is 0.133. The Morgan fingerprint density at radius 1 is 1.20 bits per heavy atom. The number of ether oxygens (including phenoxy) is 1. The second kappa shape index (κ2) is 4.31. The molecule has 20 heavy (non-hydrogen) atoms. The Hall–Kier alpha value is -2.40. The SMILES string of the molecule is COc1ccc2c(c1)NC(=O)C2(O)c1ccccc1F. The molecule has 0 radical (unpaired) electrons. The minimum absolute atomic E-state index is 0.0681. The van der Waals surface area contributed by atoms with Crippen LogP contribution in [-0.2, 0) is 10.4 Å². The molecule has 1 unspecified atom stereocenters. The standard InChI is InChI=1S/C15H12FNO3/c1-20-9-6-7-11-13(8-9)17-14(18)15(11,19)10-4-2-3-5-12(10)16/h2-8,19H,1H3,(H,17,18). The molecule has 2 aromatic carbocycles. The van der Waals surface area contributed by atoms with Crippen molar-refractivity contribution in [3.05, 3.63) is 59.4 Å². The average Bonchev–Trinajstić information content (AvgIpc) is 2.71. The summed E-state index contributed by atoms with van der Waals surface area (Å²) in [5.41, 5.74) is -1.36. The molecule has 0 aromatic heterocycles. The Bertz CT molecular complexity index is 701. The van der Waals surface area contributed by atoms with Crippen LogP contribution >= 0.6 is 0 Å². The van der Waals surface area contributed by atoms with E-state index >= 15 is 0 Å². The maximum absolute atomic E-state index is 13.9. The van der Waals surface area contributed by atoms with Crippen molar-refractivity contribution in [3.63, 3.8) is 0 Å². The molecule has 1 aliphatic rings. The lowest BCUT2D eigenvalue weighted by molar-refractivity contribution is -0.129. The molecule has 0 fully saturated rings. The Labute approximate surface area is 114 Å². The van der Waals surface area contributed by atoms with Crippen LogP contribution in [0.3, 0.4) is 0 Å². The summed E-state index contributed by atoms with van der Waals surface area (Å²) >= 11 is 0. The molecular weight excluding hydrogens is 261 g/mol. The molecule has 1 amide bonds. The van der Waals surface area contributed by atoms with Crippen molar-refractivity contribution in [2.75, 3.05) is 12.4 Å². The van der Waals surface area contributed by atoms with Crippen molar-refractivity contribution in [1.82, 2.24) is 0 Å². The van der Waals surface area contributed by atoms with Gasteiger partial charge in [-0.2, -0.15) is 0 Å². The smallest absolute Gasteiger partial charge is 0.265 e. The summed E-state index contributed by atoms with van der Waals surface area (Å²) in [7, 11) is 1.50. The van der Waals surface area contributed by atoms with Gasteiger partial charge in [-0.3, -0.25) is 4.79 Å². The zero-order chi connectivity index (χ0) is 14.3. The third-order valence-corrected chi connectivity index (χ3v) is 3.46. The number of anilines is 1. The van der Waals surface area contributed by atoms with E-state index in [4.69, 9.17) is 4.74 Å². The predicted octanol–water partition coefficient (Wildman–Crippen LogP) is 2.02. The summed E-state index contributed by atoms with van der Waals surface area (Å²) in [6.45, 7) is 0. The van der Waals surface area contributed by atoms with E-state index in [1.807, 2.05) is 0 Å². The van der Waals surface area contributed by atoms with Gasteiger partial charge in [-0.15, -0.1) is 0 Å². The van der Waals surface area contributed by atoms with E-state index in [0.717, 1.165) is 0 Å². The van der Waals surface area contributed by atoms with Gasteiger partial charge >= 0.3 is 0 Å². The highest BCUT2D eigenvalue weighted by Crippen LogP contribution is 2.42. The largest absolute Gasteiger partial charge is 0.497 e. The molecule has 0 spiro atoms. The number of rotatable bonds is 2. The van der Waals surface area contributed by atoms with Crippen LogP contribution in [0.15, 0.2) is 42.5 Å². The molecular formula is C15H12FNO3. The maximum atomic E-state index is 13.9. The van der Waals surface area contributed by atoms with Gasteiger partial charge in [0.1, 0.15) is 11.6 Å². The minimum Gasteiger partial charge on any atom is -0.497 e. The van der Waals surface area contributed by atoms with Gasteiger partial charge in [0, 0.05) is 17.2 Å². The second-order valence-electron chi connectivity index (χ2n) is 4.56. The number of hydrogen-bond acceptors (Lipinski definition) is 3. The maximum Gasteiger partial charge on any atom is 0.265 e. The van der Waals surface area contributed by atoms with E-state index in [9.17, 15) is 14.3 Å². The summed E-state index contributed by atoms with van der Waals surface area (Å²) in [6, 6.07) is 10.4. The highest BCUT2D eigenvalue weighted by atomic mass is 19.1. The molecule has 5 heteroatoms. The first-order valence-corrected chi connectivity index (χ1v) is 6.04. The van der Waals surface area contributed by atoms with E-state index in [-0.39, 0.29) is 5.56 Å². The first-order valence-electron chi connectivity index (χ1n) is 6.04. The third-order valence-electron chi connectivity index (χ3n) is 3.46. The number of fused-ring (bicyclic) bond motifs is 1. The van der Waals surface area contributed by atoms with Crippen molar-refractivity contribution in [2.45, 2.75) is 5.60 Å². The Balaban J connectivity index is 2.21. The molecule has 1 heterocycles. The van der Waals surface area contributed by atoms with Gasteiger partial charge in [-0.25, -0.2) is 4.39 Å². The van der Waals surface area contributed by atoms with Crippen LogP contribution in [0, 0.1) is 5.82 Å². The highest BCUT2D eigenvalue weighted by Gasteiger charge is 2.48. The van der Waals surface area contributed by atoms with E-state index in [1.165, 1.54) is 25.3 Å². The number of hydrogen-bond donors (Lipinski definition) is 2. The lowest BCUT2D eigenvalue weighted by Crippen LogP contribution is -2.36. The Morgan fingerprint density at radius 3 is 2.65 bits per heavy atom. The van der Waals surface area contributed by atoms with Crippen molar-refractivity contribution in [1.29, 1.82) is 0 Å². The van der Waals surface area contributed by atoms with Crippen molar-refractivity contribution < 1.29 is 19.0 Å². The third kappa shape index (κ3) is 1.60. The van der Waals surface area contributed by atoms with Crippen LogP contribution in [-0.4, -0.2) is 18.1 Å². The molecule has 0 bridgehead atoms. The van der Waals surface area contributed by atoms with Crippen LogP contribution in [0.4, 0.5) is 10.1 Å². The van der Waals surface area contributed by atoms with Crippen LogP contribution in [0.5, 0.6) is 5.75 Å². The number of carbonyl (C=O) groups excluding carboxylic acids is 1. The Morgan fingerprint density at radius 2 is 1.95 bits per heavy atom. The van der Waals surface area contributed by atoms with Gasteiger partial charge in [-0.05, 0) is 18.2 Å². The van der Waals surface area contributed by atoms with Crippen LogP contribution in [0.2, 0.25) is 0 Å². The second-order valence-corrected chi connectivity index (χ2v) is 4.56. The number of carbonyl (C=O) groups is 1. The number of amides is 1. The Kier molecular flexibility index (Phi) is 2.72. The predicted molar refractivity (Wildman–Crippen MR) is 71.0 cm³/mol. The van der Waals surface area contributed by atoms with Gasteiger partial charge in [0.25, 0.3) is 5.91 Å². The summed E-state index contributed by atoms with van der Waals surface area (Å²) in [6.07, 6.45) is 0. The van der Waals surface area contributed by atoms with Crippen LogP contribution < -0.4 is 10.1 Å². The van der Waals surface area contributed by atoms with E-state index < -0.39 is 17.3 Å². The monoisotopic (exact) mass is 273 g/mol. The zero-order valence-corrected chi connectivity index (χ0v) is 10.7. The lowest BCUT2D eigenvalue weighted by Gasteiger charge is -2.21. The molecule has 4 nitrogen and oxygen atoms in total. The molecule has 2 aromatic rings. The molecule has 1 aliphatic heterocycles. The summed E-state index contributed by atoms with van der Waals surface area (Å²) in [4.78, 5) is 12.1. The summed E-state index contributed by atoms with van der Waals surface area (Å²) in [5, 5.41) is 13.3. The fourth-order valence-electron chi connectivity index (χ4n) is 2.43. The topological polar surface area (TPSA) is 58.6 Å². The van der Waals surface area contributed by atoms with E-state index in [0.29, 0.717) is 17.0 Å². The van der Waals surface area contributed by atoms with Gasteiger partial charge in [0.05, 0.1) is 12.8 Å². The first kappa shape index (κ1) is 12.6. The highest BCUT2D eigenvalue weighted by molar-refractivity contribution is 6.07. The zero-order valence-electron chi connectivity index (χ0n) is 10.7. The summed E-state index contributed by atoms with van der Waals surface area (Å²) < 4.78 is 19.0. The molecule has 0 saturated heterocycles. The number of nitrogens with one attached hydrogen (secondary N) is 1. The lowest BCUT2D eigenvalue weighted by atomic mass is 9.87. The average molecular weight is 273 g/mol. The first-order chi connectivity index (χ1) is 9.57. The number of halogens is 1. The molecule has 2 N–H and O–H groups in total. The number of benzene rings is 2. The van der Waals surface area contributed by atoms with Crippen molar-refractivity contribution in [3.8, 4) is 5.75 Å². The van der Waals surface area contributed by atoms with E-state index in [1.54, 1.807) is 24.3 Å².